The number of nitrogen functional groups attached to an aromatic ring is 1. The number of pyridine rings is 1. The summed E-state index contributed by atoms with van der Waals surface area (Å²) < 4.78 is 38.6. The third kappa shape index (κ3) is 4.44. The summed E-state index contributed by atoms with van der Waals surface area (Å²) in [5.74, 6) is -0.527. The van der Waals surface area contributed by atoms with Crippen LogP contribution in [-0.4, -0.2) is 10.9 Å². The molecule has 3 rings (SSSR count). The lowest BCUT2D eigenvalue weighted by Crippen LogP contribution is -2.16. The van der Waals surface area contributed by atoms with Crippen molar-refractivity contribution in [1.82, 2.24) is 4.98 Å². The number of anilines is 2. The maximum Gasteiger partial charge on any atom is 0.416 e. The highest BCUT2D eigenvalue weighted by Crippen LogP contribution is 2.31. The molecule has 138 valence electrons. The third-order valence-electron chi connectivity index (χ3n) is 4.01. The fourth-order valence-corrected chi connectivity index (χ4v) is 2.69. The number of halogens is 3. The van der Waals surface area contributed by atoms with Gasteiger partial charge in [-0.05, 0) is 47.5 Å². The van der Waals surface area contributed by atoms with Gasteiger partial charge in [-0.2, -0.15) is 13.2 Å². The zero-order valence-corrected chi connectivity index (χ0v) is 14.1. The minimum Gasteiger partial charge on any atom is -0.398 e. The molecule has 0 saturated carbocycles. The van der Waals surface area contributed by atoms with Crippen molar-refractivity contribution in [3.8, 4) is 0 Å². The van der Waals surface area contributed by atoms with E-state index < -0.39 is 17.6 Å². The van der Waals surface area contributed by atoms with E-state index in [-0.39, 0.29) is 5.69 Å². The van der Waals surface area contributed by atoms with E-state index in [9.17, 15) is 18.0 Å². The second kappa shape index (κ2) is 7.49. The summed E-state index contributed by atoms with van der Waals surface area (Å²) in [6, 6.07) is 13.0. The van der Waals surface area contributed by atoms with Gasteiger partial charge in [-0.1, -0.05) is 18.2 Å². The van der Waals surface area contributed by atoms with Crippen LogP contribution < -0.4 is 11.1 Å². The molecule has 1 heterocycles. The van der Waals surface area contributed by atoms with Crippen molar-refractivity contribution in [2.45, 2.75) is 12.6 Å². The third-order valence-corrected chi connectivity index (χ3v) is 4.01. The molecule has 0 unspecified atom stereocenters. The van der Waals surface area contributed by atoms with Crippen molar-refractivity contribution in [2.75, 3.05) is 11.1 Å². The fourth-order valence-electron chi connectivity index (χ4n) is 2.69. The number of aromatic nitrogens is 1. The van der Waals surface area contributed by atoms with Crippen molar-refractivity contribution < 1.29 is 18.0 Å². The van der Waals surface area contributed by atoms with Crippen LogP contribution in [-0.2, 0) is 12.6 Å². The highest BCUT2D eigenvalue weighted by Gasteiger charge is 2.30. The predicted molar refractivity (Wildman–Crippen MR) is 97.3 cm³/mol. The molecular formula is C20H16F3N3O. The van der Waals surface area contributed by atoms with Crippen LogP contribution in [0.4, 0.5) is 24.5 Å². The maximum absolute atomic E-state index is 12.9. The highest BCUT2D eigenvalue weighted by molar-refractivity contribution is 6.06. The summed E-state index contributed by atoms with van der Waals surface area (Å²) in [6.07, 6.45) is -0.796. The summed E-state index contributed by atoms with van der Waals surface area (Å²) in [6.45, 7) is 0. The molecule has 0 bridgehead atoms. The standard InChI is InChI=1S/C20H16F3N3O/c21-20(22,23)14-5-1-6-15(11-14)26-19(27)16-7-2-8-18(24)17(16)10-13-4-3-9-25-12-13/h1-9,11-12H,10,24H2,(H,26,27). The molecule has 0 saturated heterocycles. The van der Waals surface area contributed by atoms with E-state index in [1.165, 1.54) is 12.1 Å². The van der Waals surface area contributed by atoms with E-state index in [0.717, 1.165) is 17.7 Å². The molecule has 7 heteroatoms. The zero-order chi connectivity index (χ0) is 19.4. The van der Waals surface area contributed by atoms with Crippen molar-refractivity contribution in [3.05, 3.63) is 89.2 Å². The van der Waals surface area contributed by atoms with Gasteiger partial charge in [-0.3, -0.25) is 9.78 Å². The van der Waals surface area contributed by atoms with Crippen LogP contribution in [0.5, 0.6) is 0 Å². The molecule has 27 heavy (non-hydrogen) atoms. The lowest BCUT2D eigenvalue weighted by Gasteiger charge is -2.14. The number of nitrogens with two attached hydrogens (primary N) is 1. The van der Waals surface area contributed by atoms with Crippen LogP contribution in [0.2, 0.25) is 0 Å². The average Bonchev–Trinajstić information content (AvgIpc) is 2.64. The fraction of sp³-hybridized carbons (Fsp3) is 0.100. The molecule has 4 nitrogen and oxygen atoms in total. The van der Waals surface area contributed by atoms with Gasteiger partial charge < -0.3 is 11.1 Å². The van der Waals surface area contributed by atoms with Gasteiger partial charge in [-0.15, -0.1) is 0 Å². The summed E-state index contributed by atoms with van der Waals surface area (Å²) in [5, 5.41) is 2.51. The minimum absolute atomic E-state index is 0.0598. The first-order valence-corrected chi connectivity index (χ1v) is 8.09. The van der Waals surface area contributed by atoms with E-state index in [1.807, 2.05) is 6.07 Å². The number of hydrogen-bond acceptors (Lipinski definition) is 3. The number of alkyl halides is 3. The van der Waals surface area contributed by atoms with Crippen LogP contribution in [0.1, 0.15) is 27.0 Å². The molecule has 0 aliphatic rings. The topological polar surface area (TPSA) is 68.0 Å². The molecule has 0 fully saturated rings. The number of amides is 1. The molecule has 1 aromatic heterocycles. The first kappa shape index (κ1) is 18.4. The largest absolute Gasteiger partial charge is 0.416 e. The van der Waals surface area contributed by atoms with E-state index in [0.29, 0.717) is 23.2 Å². The van der Waals surface area contributed by atoms with Crippen molar-refractivity contribution in [2.24, 2.45) is 0 Å². The van der Waals surface area contributed by atoms with Crippen molar-refractivity contribution >= 4 is 17.3 Å². The number of carbonyl (C=O) groups excluding carboxylic acids is 1. The lowest BCUT2D eigenvalue weighted by molar-refractivity contribution is -0.137. The number of carbonyl (C=O) groups is 1. The van der Waals surface area contributed by atoms with Gasteiger partial charge in [0.05, 0.1) is 5.56 Å². The van der Waals surface area contributed by atoms with E-state index in [2.05, 4.69) is 10.3 Å². The minimum atomic E-state index is -4.48. The molecule has 3 aromatic rings. The van der Waals surface area contributed by atoms with E-state index in [1.54, 1.807) is 36.7 Å². The van der Waals surface area contributed by atoms with E-state index in [4.69, 9.17) is 5.73 Å². The smallest absolute Gasteiger partial charge is 0.398 e. The Balaban J connectivity index is 1.88. The van der Waals surface area contributed by atoms with Crippen molar-refractivity contribution in [1.29, 1.82) is 0 Å². The Kier molecular flexibility index (Phi) is 5.12. The lowest BCUT2D eigenvalue weighted by atomic mass is 9.98. The molecule has 3 N–H and O–H groups in total. The van der Waals surface area contributed by atoms with Gasteiger partial charge in [0.1, 0.15) is 0 Å². The summed E-state index contributed by atoms with van der Waals surface area (Å²) in [5.41, 5.74) is 7.45. The second-order valence-corrected chi connectivity index (χ2v) is 5.94. The molecule has 0 aliphatic carbocycles. The predicted octanol–water partition coefficient (Wildman–Crippen LogP) is 4.53. The average molecular weight is 371 g/mol. The quantitative estimate of drug-likeness (QED) is 0.663. The van der Waals surface area contributed by atoms with Gasteiger partial charge >= 0.3 is 6.18 Å². The van der Waals surface area contributed by atoms with Crippen LogP contribution in [0.3, 0.4) is 0 Å². The van der Waals surface area contributed by atoms with E-state index >= 15 is 0 Å². The number of rotatable bonds is 4. The summed E-state index contributed by atoms with van der Waals surface area (Å²) in [7, 11) is 0. The van der Waals surface area contributed by atoms with Crippen LogP contribution in [0, 0.1) is 0 Å². The molecule has 0 aliphatic heterocycles. The summed E-state index contributed by atoms with van der Waals surface area (Å²) in [4.78, 5) is 16.7. The number of benzene rings is 2. The highest BCUT2D eigenvalue weighted by atomic mass is 19.4. The van der Waals surface area contributed by atoms with Gasteiger partial charge in [0.25, 0.3) is 5.91 Å². The first-order chi connectivity index (χ1) is 12.8. The first-order valence-electron chi connectivity index (χ1n) is 8.09. The monoisotopic (exact) mass is 371 g/mol. The number of nitrogens with one attached hydrogen (secondary N) is 1. The Hall–Kier alpha value is -3.35. The van der Waals surface area contributed by atoms with Crippen LogP contribution in [0.15, 0.2) is 67.0 Å². The maximum atomic E-state index is 12.9. The normalized spacial score (nSPS) is 11.2. The Morgan fingerprint density at radius 1 is 1.07 bits per heavy atom. The zero-order valence-electron chi connectivity index (χ0n) is 14.1. The van der Waals surface area contributed by atoms with Gasteiger partial charge in [-0.25, -0.2) is 0 Å². The Labute approximate surface area is 153 Å². The van der Waals surface area contributed by atoms with Gasteiger partial charge in [0.2, 0.25) is 0 Å². The second-order valence-electron chi connectivity index (χ2n) is 5.94. The van der Waals surface area contributed by atoms with Crippen LogP contribution in [0.25, 0.3) is 0 Å². The summed E-state index contributed by atoms with van der Waals surface area (Å²) >= 11 is 0. The van der Waals surface area contributed by atoms with Gasteiger partial charge in [0, 0.05) is 35.8 Å². The van der Waals surface area contributed by atoms with Gasteiger partial charge in [0.15, 0.2) is 0 Å². The Morgan fingerprint density at radius 2 is 1.85 bits per heavy atom. The van der Waals surface area contributed by atoms with Crippen molar-refractivity contribution in [3.63, 3.8) is 0 Å². The SMILES string of the molecule is Nc1cccc(C(=O)Nc2cccc(C(F)(F)F)c2)c1Cc1cccnc1. The Morgan fingerprint density at radius 3 is 2.56 bits per heavy atom. The Bertz CT molecular complexity index is 956. The molecule has 0 spiro atoms. The number of nitrogens with zero attached hydrogens (tertiary/aromatic N) is 1. The molecule has 0 radical (unpaired) electrons. The number of hydrogen-bond donors (Lipinski definition) is 2. The molecule has 2 aromatic carbocycles. The molecule has 0 atom stereocenters. The van der Waals surface area contributed by atoms with Crippen LogP contribution >= 0.6 is 0 Å². The molecular weight excluding hydrogens is 355 g/mol. The molecule has 1 amide bonds.